The van der Waals surface area contributed by atoms with Crippen molar-refractivity contribution >= 4 is 66.4 Å². The molecule has 0 aliphatic carbocycles. The van der Waals surface area contributed by atoms with Crippen LogP contribution in [0.1, 0.15) is 120 Å². The maximum absolute atomic E-state index is 13.0. The van der Waals surface area contributed by atoms with Crippen LogP contribution in [0.2, 0.25) is 10.0 Å². The average Bonchev–Trinajstić information content (AvgIpc) is 3.63. The quantitative estimate of drug-likeness (QED) is 0.174. The fraction of sp³-hybridized carbons (Fsp3) is 0.429. The Morgan fingerprint density at radius 1 is 0.586 bits per heavy atom. The van der Waals surface area contributed by atoms with E-state index in [1.54, 1.807) is 68.9 Å². The Bertz CT molecular complexity index is 2270. The number of rotatable bonds is 8. The normalized spacial score (nSPS) is 20.9. The highest BCUT2D eigenvalue weighted by molar-refractivity contribution is 7.89. The number of anilines is 2. The molecule has 2 atom stereocenters. The van der Waals surface area contributed by atoms with E-state index in [9.17, 15) is 26.4 Å². The SMILES string of the molecule is CCS(=O)(=O)N1CCC(c2cncc(N3C(=O)c4ccc(Cl)cc4[C@@H]3C)c2)CC1.CCS(=O)(=O)N1CCC(c2cncc(N3C(=O)c4ccc(Cl)cc4[C@H]3C)c2)CC1. The molecule has 6 heterocycles. The number of amides is 2. The lowest BCUT2D eigenvalue weighted by molar-refractivity contribution is 0.0984. The number of benzene rings is 2. The molecular formula is C42H48Cl2N6O6S2. The van der Waals surface area contributed by atoms with Crippen LogP contribution in [-0.2, 0) is 20.0 Å². The van der Waals surface area contributed by atoms with E-state index in [1.807, 2.05) is 50.5 Å². The maximum Gasteiger partial charge on any atom is 0.259 e. The van der Waals surface area contributed by atoms with Gasteiger partial charge in [-0.2, -0.15) is 0 Å². The zero-order valence-corrected chi connectivity index (χ0v) is 36.2. The first kappa shape index (κ1) is 42.2. The number of halogens is 2. The molecule has 8 rings (SSSR count). The molecule has 2 aromatic carbocycles. The highest BCUT2D eigenvalue weighted by atomic mass is 35.5. The number of aromatic nitrogens is 2. The summed E-state index contributed by atoms with van der Waals surface area (Å²) in [5, 5.41) is 1.23. The molecule has 0 radical (unpaired) electrons. The minimum absolute atomic E-state index is 0.0491. The molecular weight excluding hydrogens is 820 g/mol. The van der Waals surface area contributed by atoms with E-state index in [1.165, 1.54) is 0 Å². The molecule has 308 valence electrons. The molecule has 0 unspecified atom stereocenters. The second-order valence-electron chi connectivity index (χ2n) is 15.3. The van der Waals surface area contributed by atoms with Crippen molar-refractivity contribution in [3.8, 4) is 0 Å². The Morgan fingerprint density at radius 3 is 1.29 bits per heavy atom. The van der Waals surface area contributed by atoms with E-state index in [0.717, 1.165) is 59.3 Å². The Morgan fingerprint density at radius 2 is 0.948 bits per heavy atom. The molecule has 58 heavy (non-hydrogen) atoms. The Hall–Kier alpha value is -3.92. The average molecular weight is 868 g/mol. The monoisotopic (exact) mass is 866 g/mol. The fourth-order valence-corrected chi connectivity index (χ4v) is 11.2. The molecule has 0 N–H and O–H groups in total. The van der Waals surface area contributed by atoms with Crippen LogP contribution in [-0.4, -0.2) is 84.9 Å². The van der Waals surface area contributed by atoms with Gasteiger partial charge in [0.2, 0.25) is 20.0 Å². The molecule has 16 heteroatoms. The van der Waals surface area contributed by atoms with Gasteiger partial charge < -0.3 is 0 Å². The number of carbonyl (C=O) groups excluding carboxylic acids is 2. The summed E-state index contributed by atoms with van der Waals surface area (Å²) < 4.78 is 51.5. The number of hydrogen-bond donors (Lipinski definition) is 0. The predicted octanol–water partition coefficient (Wildman–Crippen LogP) is 7.97. The third-order valence-corrected chi connectivity index (χ3v) is 16.2. The zero-order valence-electron chi connectivity index (χ0n) is 33.0. The molecule has 0 spiro atoms. The number of carbonyl (C=O) groups is 2. The summed E-state index contributed by atoms with van der Waals surface area (Å²) in [6.07, 6.45) is 10.1. The van der Waals surface area contributed by atoms with Crippen molar-refractivity contribution in [1.82, 2.24) is 18.6 Å². The van der Waals surface area contributed by atoms with Crippen LogP contribution in [0.4, 0.5) is 11.4 Å². The third kappa shape index (κ3) is 8.28. The fourth-order valence-electron chi connectivity index (χ4n) is 8.62. The standard InChI is InChI=1S/2C21H24ClN3O3S/c2*1-3-29(27,28)24-8-6-15(7-9-24)16-10-18(13-23-12-16)25-14(2)20-11-17(22)4-5-19(20)21(25)26/h2*4-5,10-15H,3,6-9H2,1-2H3/t2*14-/m10/s1. The summed E-state index contributed by atoms with van der Waals surface area (Å²) in [6, 6.07) is 14.5. The van der Waals surface area contributed by atoms with Gasteiger partial charge in [-0.1, -0.05) is 23.2 Å². The molecule has 0 bridgehead atoms. The number of hydrogen-bond acceptors (Lipinski definition) is 8. The highest BCUT2D eigenvalue weighted by Crippen LogP contribution is 2.41. The van der Waals surface area contributed by atoms with Gasteiger partial charge in [0, 0.05) is 59.7 Å². The van der Waals surface area contributed by atoms with Crippen molar-refractivity contribution < 1.29 is 26.4 Å². The minimum atomic E-state index is -3.14. The summed E-state index contributed by atoms with van der Waals surface area (Å²) in [5.41, 5.74) is 6.80. The molecule has 2 amide bonds. The summed E-state index contributed by atoms with van der Waals surface area (Å²) in [7, 11) is -6.29. The summed E-state index contributed by atoms with van der Waals surface area (Å²) >= 11 is 12.2. The van der Waals surface area contributed by atoms with Gasteiger partial charge in [-0.15, -0.1) is 0 Å². The van der Waals surface area contributed by atoms with Crippen LogP contribution in [0.15, 0.2) is 73.3 Å². The molecule has 12 nitrogen and oxygen atoms in total. The topological polar surface area (TPSA) is 141 Å². The molecule has 4 aliphatic rings. The lowest BCUT2D eigenvalue weighted by atomic mass is 9.91. The third-order valence-electron chi connectivity index (χ3n) is 12.0. The molecule has 2 saturated heterocycles. The first-order valence-corrected chi connectivity index (χ1v) is 23.7. The van der Waals surface area contributed by atoms with Crippen LogP contribution in [0.25, 0.3) is 0 Å². The van der Waals surface area contributed by atoms with E-state index >= 15 is 0 Å². The van der Waals surface area contributed by atoms with Gasteiger partial charge in [-0.05, 0) is 136 Å². The number of fused-ring (bicyclic) bond motifs is 2. The van der Waals surface area contributed by atoms with Crippen LogP contribution < -0.4 is 9.80 Å². The smallest absolute Gasteiger partial charge is 0.259 e. The van der Waals surface area contributed by atoms with Crippen molar-refractivity contribution in [2.24, 2.45) is 0 Å². The predicted molar refractivity (Wildman–Crippen MR) is 228 cm³/mol. The van der Waals surface area contributed by atoms with Gasteiger partial charge in [-0.25, -0.2) is 25.4 Å². The highest BCUT2D eigenvalue weighted by Gasteiger charge is 2.37. The van der Waals surface area contributed by atoms with Crippen molar-refractivity contribution in [3.63, 3.8) is 0 Å². The van der Waals surface area contributed by atoms with Crippen LogP contribution in [0, 0.1) is 0 Å². The van der Waals surface area contributed by atoms with Crippen molar-refractivity contribution in [2.45, 2.75) is 77.3 Å². The Balaban J connectivity index is 0.000000177. The largest absolute Gasteiger partial charge is 0.300 e. The Labute approximate surface area is 351 Å². The summed E-state index contributed by atoms with van der Waals surface area (Å²) in [5.74, 6) is 0.632. The molecule has 2 fully saturated rings. The van der Waals surface area contributed by atoms with Crippen LogP contribution in [0.3, 0.4) is 0 Å². The van der Waals surface area contributed by atoms with E-state index in [2.05, 4.69) is 9.97 Å². The molecule has 4 aliphatic heterocycles. The summed E-state index contributed by atoms with van der Waals surface area (Å²) in [6.45, 7) is 9.41. The molecule has 0 saturated carbocycles. The van der Waals surface area contributed by atoms with Gasteiger partial charge in [0.25, 0.3) is 11.8 Å². The van der Waals surface area contributed by atoms with Crippen LogP contribution >= 0.6 is 23.2 Å². The summed E-state index contributed by atoms with van der Waals surface area (Å²) in [4.78, 5) is 38.2. The van der Waals surface area contributed by atoms with Crippen molar-refractivity contribution in [3.05, 3.63) is 117 Å². The second kappa shape index (κ2) is 17.0. The lowest BCUT2D eigenvalue weighted by Crippen LogP contribution is -2.38. The van der Waals surface area contributed by atoms with Crippen LogP contribution in [0.5, 0.6) is 0 Å². The number of sulfonamides is 2. The first-order chi connectivity index (χ1) is 27.6. The van der Waals surface area contributed by atoms with Gasteiger partial charge in [0.1, 0.15) is 0 Å². The molecule has 2 aromatic heterocycles. The van der Waals surface area contributed by atoms with Crippen molar-refractivity contribution in [2.75, 3.05) is 47.5 Å². The van der Waals surface area contributed by atoms with Gasteiger partial charge in [-0.3, -0.25) is 29.4 Å². The molecule has 4 aromatic rings. The van der Waals surface area contributed by atoms with Crippen molar-refractivity contribution in [1.29, 1.82) is 0 Å². The van der Waals surface area contributed by atoms with Gasteiger partial charge in [0.15, 0.2) is 0 Å². The van der Waals surface area contributed by atoms with E-state index < -0.39 is 20.0 Å². The number of piperidine rings is 2. The van der Waals surface area contributed by atoms with E-state index in [0.29, 0.717) is 47.4 Å². The zero-order chi connectivity index (χ0) is 41.5. The minimum Gasteiger partial charge on any atom is -0.300 e. The number of nitrogens with zero attached hydrogens (tertiary/aromatic N) is 6. The second-order valence-corrected chi connectivity index (χ2v) is 20.7. The van der Waals surface area contributed by atoms with E-state index in [-0.39, 0.29) is 47.2 Å². The first-order valence-electron chi connectivity index (χ1n) is 19.7. The van der Waals surface area contributed by atoms with Gasteiger partial charge >= 0.3 is 0 Å². The van der Waals surface area contributed by atoms with E-state index in [4.69, 9.17) is 23.2 Å². The Kier molecular flexibility index (Phi) is 12.4. The number of pyridine rings is 2. The van der Waals surface area contributed by atoms with Gasteiger partial charge in [0.05, 0.1) is 47.4 Å². The lowest BCUT2D eigenvalue weighted by Gasteiger charge is -2.31. The maximum atomic E-state index is 13.0.